The van der Waals surface area contributed by atoms with Crippen molar-refractivity contribution in [1.29, 1.82) is 0 Å². The Morgan fingerprint density at radius 2 is 1.81 bits per heavy atom. The Balaban J connectivity index is 1.55. The van der Waals surface area contributed by atoms with Crippen molar-refractivity contribution in [3.63, 3.8) is 0 Å². The maximum absolute atomic E-state index is 6.11. The van der Waals surface area contributed by atoms with Crippen molar-refractivity contribution < 1.29 is 9.47 Å². The third-order valence-electron chi connectivity index (χ3n) is 5.88. The Kier molecular flexibility index (Phi) is 6.26. The van der Waals surface area contributed by atoms with Crippen LogP contribution in [0.2, 0.25) is 0 Å². The maximum Gasteiger partial charge on any atom is 0.119 e. The van der Waals surface area contributed by atoms with Gasteiger partial charge in [-0.1, -0.05) is 64.1 Å². The fourth-order valence-corrected chi connectivity index (χ4v) is 4.16. The Morgan fingerprint density at radius 1 is 1.04 bits per heavy atom. The van der Waals surface area contributed by atoms with E-state index in [1.54, 1.807) is 7.11 Å². The third kappa shape index (κ3) is 5.13. The van der Waals surface area contributed by atoms with E-state index >= 15 is 0 Å². The second-order valence-corrected chi connectivity index (χ2v) is 8.97. The van der Waals surface area contributed by atoms with Crippen LogP contribution in [0.1, 0.15) is 63.1 Å². The van der Waals surface area contributed by atoms with Gasteiger partial charge in [-0.2, -0.15) is 0 Å². The first kappa shape index (κ1) is 19.9. The summed E-state index contributed by atoms with van der Waals surface area (Å²) in [5, 5.41) is 0. The minimum absolute atomic E-state index is 0.159. The summed E-state index contributed by atoms with van der Waals surface area (Å²) in [5.41, 5.74) is 4.23. The topological polar surface area (TPSA) is 18.5 Å². The van der Waals surface area contributed by atoms with Crippen LogP contribution in [0.25, 0.3) is 0 Å². The number of rotatable bonds is 9. The number of hydrogen-bond acceptors (Lipinski definition) is 2. The van der Waals surface area contributed by atoms with E-state index < -0.39 is 0 Å². The van der Waals surface area contributed by atoms with Crippen LogP contribution < -0.4 is 4.74 Å². The molecule has 2 unspecified atom stereocenters. The Bertz CT molecular complexity index is 747. The van der Waals surface area contributed by atoms with E-state index in [1.165, 1.54) is 29.5 Å². The van der Waals surface area contributed by atoms with Crippen molar-refractivity contribution in [3.05, 3.63) is 65.2 Å². The second kappa shape index (κ2) is 8.48. The highest BCUT2D eigenvalue weighted by Gasteiger charge is 2.41. The van der Waals surface area contributed by atoms with Gasteiger partial charge in [0, 0.05) is 7.11 Å². The summed E-state index contributed by atoms with van der Waals surface area (Å²) in [6, 6.07) is 17.2. The molecule has 0 N–H and O–H groups in total. The molecule has 2 aromatic carbocycles. The Morgan fingerprint density at radius 3 is 2.56 bits per heavy atom. The lowest BCUT2D eigenvalue weighted by Crippen LogP contribution is -2.21. The fourth-order valence-electron chi connectivity index (χ4n) is 4.16. The fraction of sp³-hybridized carbons (Fsp3) is 0.520. The quantitative estimate of drug-likeness (QED) is 0.515. The lowest BCUT2D eigenvalue weighted by molar-refractivity contribution is 0.182. The number of benzene rings is 2. The van der Waals surface area contributed by atoms with Crippen LogP contribution in [0, 0.1) is 11.8 Å². The summed E-state index contributed by atoms with van der Waals surface area (Å²) in [7, 11) is 1.77. The van der Waals surface area contributed by atoms with Crippen LogP contribution in [0.15, 0.2) is 48.5 Å². The van der Waals surface area contributed by atoms with Gasteiger partial charge in [-0.05, 0) is 64.8 Å². The molecule has 0 saturated heterocycles. The lowest BCUT2D eigenvalue weighted by atomic mass is 9.77. The second-order valence-electron chi connectivity index (χ2n) is 8.97. The van der Waals surface area contributed by atoms with Crippen molar-refractivity contribution in [2.24, 2.45) is 11.8 Å². The van der Waals surface area contributed by atoms with Gasteiger partial charge in [-0.25, -0.2) is 0 Å². The summed E-state index contributed by atoms with van der Waals surface area (Å²) in [4.78, 5) is 0. The molecule has 1 aliphatic rings. The van der Waals surface area contributed by atoms with Crippen LogP contribution in [0.5, 0.6) is 5.75 Å². The van der Waals surface area contributed by atoms with Gasteiger partial charge in [-0.3, -0.25) is 0 Å². The molecule has 146 valence electrons. The first-order valence-corrected chi connectivity index (χ1v) is 10.2. The highest BCUT2D eigenvalue weighted by atomic mass is 16.5. The maximum atomic E-state index is 6.11. The summed E-state index contributed by atoms with van der Waals surface area (Å²) in [5.74, 6) is 2.98. The molecule has 1 fully saturated rings. The average Bonchev–Trinajstić information content (AvgIpc) is 3.38. The van der Waals surface area contributed by atoms with Crippen LogP contribution >= 0.6 is 0 Å². The van der Waals surface area contributed by atoms with E-state index in [-0.39, 0.29) is 5.41 Å². The molecule has 0 bridgehead atoms. The molecular weight excluding hydrogens is 332 g/mol. The van der Waals surface area contributed by atoms with Gasteiger partial charge in [-0.15, -0.1) is 0 Å². The van der Waals surface area contributed by atoms with Gasteiger partial charge in [0.1, 0.15) is 5.75 Å². The molecule has 0 radical (unpaired) electrons. The highest BCUT2D eigenvalue weighted by molar-refractivity contribution is 5.33. The molecule has 1 aliphatic carbocycles. The Labute approximate surface area is 164 Å². The molecule has 2 heteroatoms. The zero-order valence-corrected chi connectivity index (χ0v) is 17.5. The highest BCUT2D eigenvalue weighted by Crippen LogP contribution is 2.47. The largest absolute Gasteiger partial charge is 0.493 e. The smallest absolute Gasteiger partial charge is 0.119 e. The molecule has 2 aromatic rings. The normalized spacial score (nSPS) is 19.3. The number of ether oxygens (including phenoxy) is 2. The molecular formula is C25H34O2. The van der Waals surface area contributed by atoms with E-state index in [1.807, 2.05) is 0 Å². The number of methoxy groups -OCH3 is 1. The van der Waals surface area contributed by atoms with Gasteiger partial charge in [0.2, 0.25) is 0 Å². The Hall–Kier alpha value is -1.80. The van der Waals surface area contributed by atoms with Gasteiger partial charge < -0.3 is 9.47 Å². The predicted molar refractivity (Wildman–Crippen MR) is 112 cm³/mol. The van der Waals surface area contributed by atoms with Gasteiger partial charge in [0.15, 0.2) is 0 Å². The van der Waals surface area contributed by atoms with Crippen molar-refractivity contribution in [2.45, 2.75) is 58.5 Å². The molecule has 0 heterocycles. The average molecular weight is 367 g/mol. The van der Waals surface area contributed by atoms with Crippen molar-refractivity contribution in [1.82, 2.24) is 0 Å². The van der Waals surface area contributed by atoms with Gasteiger partial charge >= 0.3 is 0 Å². The summed E-state index contributed by atoms with van der Waals surface area (Å²) < 4.78 is 11.5. The van der Waals surface area contributed by atoms with E-state index in [4.69, 9.17) is 9.47 Å². The van der Waals surface area contributed by atoms with Crippen molar-refractivity contribution in [3.8, 4) is 5.75 Å². The molecule has 2 atom stereocenters. The van der Waals surface area contributed by atoms with E-state index in [9.17, 15) is 0 Å². The predicted octanol–water partition coefficient (Wildman–Crippen LogP) is 6.34. The standard InChI is InChI=1S/C25H34O2/c1-18(2)19-10-8-11-23(14-19)27-17-22-13-21(22)15-25(3,4)24-12-7-6-9-20(24)16-26-5/h6-12,14,18,21-22H,13,15-17H2,1-5H3. The molecule has 0 aliphatic heterocycles. The van der Waals surface area contributed by atoms with Gasteiger partial charge in [0.25, 0.3) is 0 Å². The van der Waals surface area contributed by atoms with Gasteiger partial charge in [0.05, 0.1) is 13.2 Å². The molecule has 0 aromatic heterocycles. The zero-order chi connectivity index (χ0) is 19.4. The van der Waals surface area contributed by atoms with E-state index in [0.29, 0.717) is 18.4 Å². The summed E-state index contributed by atoms with van der Waals surface area (Å²) >= 11 is 0. The minimum atomic E-state index is 0.159. The lowest BCUT2D eigenvalue weighted by Gasteiger charge is -2.28. The van der Waals surface area contributed by atoms with Crippen LogP contribution in [-0.2, 0) is 16.8 Å². The first-order valence-electron chi connectivity index (χ1n) is 10.2. The summed E-state index contributed by atoms with van der Waals surface area (Å²) in [6.07, 6.45) is 2.48. The molecule has 0 spiro atoms. The van der Waals surface area contributed by atoms with Crippen LogP contribution in [0.3, 0.4) is 0 Å². The zero-order valence-electron chi connectivity index (χ0n) is 17.5. The first-order chi connectivity index (χ1) is 12.9. The van der Waals surface area contributed by atoms with E-state index in [2.05, 4.69) is 76.2 Å². The third-order valence-corrected chi connectivity index (χ3v) is 5.88. The van der Waals surface area contributed by atoms with Crippen molar-refractivity contribution in [2.75, 3.05) is 13.7 Å². The molecule has 0 amide bonds. The molecule has 27 heavy (non-hydrogen) atoms. The molecule has 1 saturated carbocycles. The molecule has 2 nitrogen and oxygen atoms in total. The SMILES string of the molecule is COCc1ccccc1C(C)(C)CC1CC1COc1cccc(C(C)C)c1. The monoisotopic (exact) mass is 366 g/mol. The van der Waals surface area contributed by atoms with Crippen LogP contribution in [0.4, 0.5) is 0 Å². The molecule has 3 rings (SSSR count). The van der Waals surface area contributed by atoms with Crippen molar-refractivity contribution >= 4 is 0 Å². The summed E-state index contributed by atoms with van der Waals surface area (Å²) in [6.45, 7) is 10.7. The number of hydrogen-bond donors (Lipinski definition) is 0. The van der Waals surface area contributed by atoms with Crippen LogP contribution in [-0.4, -0.2) is 13.7 Å². The van der Waals surface area contributed by atoms with E-state index in [0.717, 1.165) is 18.3 Å². The minimum Gasteiger partial charge on any atom is -0.493 e.